The van der Waals surface area contributed by atoms with E-state index in [1.807, 2.05) is 0 Å². The molecule has 4 aliphatic heterocycles. The molecule has 0 radical (unpaired) electrons. The van der Waals surface area contributed by atoms with Crippen LogP contribution in [0.1, 0.15) is 39.5 Å². The quantitative estimate of drug-likeness (QED) is 0.550. The van der Waals surface area contributed by atoms with E-state index in [4.69, 9.17) is 9.47 Å². The smallest absolute Gasteiger partial charge is 0.211 e. The molecule has 2 spiro atoms. The minimum Gasteiger partial charge on any atom is -0.392 e. The lowest BCUT2D eigenvalue weighted by Gasteiger charge is -2.79. The maximum atomic E-state index is 13.4. The van der Waals surface area contributed by atoms with Crippen molar-refractivity contribution >= 4 is 5.78 Å². The van der Waals surface area contributed by atoms with Crippen LogP contribution < -0.4 is 0 Å². The third kappa shape index (κ3) is 1.19. The highest BCUT2D eigenvalue weighted by atomic mass is 16.8. The van der Waals surface area contributed by atoms with Crippen molar-refractivity contribution in [3.63, 3.8) is 0 Å². The Morgan fingerprint density at radius 2 is 1.92 bits per heavy atom. The minimum atomic E-state index is -1.97. The Balaban J connectivity index is 1.70. The highest BCUT2D eigenvalue weighted by Gasteiger charge is 2.92. The number of ketones is 1. The summed E-state index contributed by atoms with van der Waals surface area (Å²) in [4.78, 5) is 13.4. The van der Waals surface area contributed by atoms with E-state index < -0.39 is 47.1 Å². The Morgan fingerprint density at radius 3 is 2.65 bits per heavy atom. The predicted octanol–water partition coefficient (Wildman–Crippen LogP) is 0.740. The summed E-state index contributed by atoms with van der Waals surface area (Å²) in [5, 5.41) is 34.3. The van der Waals surface area contributed by atoms with Crippen LogP contribution in [0.15, 0.2) is 12.2 Å². The molecular formula is C20H26O6. The molecule has 0 aromatic rings. The molecular weight excluding hydrogens is 336 g/mol. The number of hydrogen-bond acceptors (Lipinski definition) is 6. The average molecular weight is 362 g/mol. The Morgan fingerprint density at radius 1 is 1.19 bits per heavy atom. The maximum Gasteiger partial charge on any atom is 0.211 e. The summed E-state index contributed by atoms with van der Waals surface area (Å²) in [6.45, 7) is 8.14. The largest absolute Gasteiger partial charge is 0.392 e. The molecule has 6 nitrogen and oxygen atoms in total. The molecule has 7 bridgehead atoms. The zero-order valence-electron chi connectivity index (χ0n) is 15.1. The van der Waals surface area contributed by atoms with Crippen LogP contribution >= 0.6 is 0 Å². The first-order valence-corrected chi connectivity index (χ1v) is 9.80. The van der Waals surface area contributed by atoms with Gasteiger partial charge in [-0.05, 0) is 42.6 Å². The van der Waals surface area contributed by atoms with Gasteiger partial charge in [-0.2, -0.15) is 0 Å². The summed E-state index contributed by atoms with van der Waals surface area (Å²) >= 11 is 0. The Kier molecular flexibility index (Phi) is 2.57. The van der Waals surface area contributed by atoms with Crippen molar-refractivity contribution in [1.29, 1.82) is 0 Å². The molecule has 4 heterocycles. The van der Waals surface area contributed by atoms with Crippen LogP contribution in [0.5, 0.6) is 0 Å². The van der Waals surface area contributed by atoms with E-state index in [1.165, 1.54) is 0 Å². The molecule has 0 aromatic carbocycles. The fourth-order valence-electron chi connectivity index (χ4n) is 8.38. The van der Waals surface area contributed by atoms with E-state index in [1.54, 1.807) is 0 Å². The van der Waals surface area contributed by atoms with E-state index >= 15 is 0 Å². The van der Waals surface area contributed by atoms with Gasteiger partial charge in [0.2, 0.25) is 5.79 Å². The molecule has 4 aliphatic carbocycles. The molecule has 0 unspecified atom stereocenters. The predicted molar refractivity (Wildman–Crippen MR) is 88.4 cm³/mol. The molecule has 4 saturated carbocycles. The molecule has 10 atom stereocenters. The lowest BCUT2D eigenvalue weighted by Crippen LogP contribution is -2.91. The van der Waals surface area contributed by atoms with E-state index in [0.29, 0.717) is 18.4 Å². The zero-order valence-corrected chi connectivity index (χ0v) is 15.1. The maximum absolute atomic E-state index is 13.4. The molecule has 142 valence electrons. The Hall–Kier alpha value is -0.790. The van der Waals surface area contributed by atoms with Gasteiger partial charge in [-0.3, -0.25) is 4.79 Å². The second-order valence-electron chi connectivity index (χ2n) is 10.1. The third-order valence-corrected chi connectivity index (χ3v) is 9.14. The number of ether oxygens (including phenoxy) is 2. The van der Waals surface area contributed by atoms with Crippen LogP contribution in [0, 0.1) is 34.0 Å². The SMILES string of the molecule is C=C1C(=O)[C@@]23[C@@H]4O[C@H]5O[C@@]2(O)[C@@H](O)[C@@H]2C(C)(C)CC[C@@H](O)[C@@]52[C@@H]3CC[C@@H]14. The topological polar surface area (TPSA) is 96.2 Å². The van der Waals surface area contributed by atoms with Crippen LogP contribution in [0.2, 0.25) is 0 Å². The highest BCUT2D eigenvalue weighted by molar-refractivity contribution is 6.05. The second-order valence-corrected chi connectivity index (χ2v) is 10.1. The second kappa shape index (κ2) is 4.13. The van der Waals surface area contributed by atoms with Crippen LogP contribution in [0.4, 0.5) is 0 Å². The number of aliphatic hydroxyl groups excluding tert-OH is 2. The number of carbonyl (C=O) groups is 1. The van der Waals surface area contributed by atoms with Gasteiger partial charge in [0.25, 0.3) is 0 Å². The van der Waals surface area contributed by atoms with Crippen molar-refractivity contribution < 1.29 is 29.6 Å². The lowest BCUT2D eigenvalue weighted by molar-refractivity contribution is -0.556. The summed E-state index contributed by atoms with van der Waals surface area (Å²) in [5.74, 6) is -2.99. The number of hydrogen-bond donors (Lipinski definition) is 3. The molecule has 8 aliphatic rings. The summed E-state index contributed by atoms with van der Waals surface area (Å²) < 4.78 is 12.3. The van der Waals surface area contributed by atoms with Crippen molar-refractivity contribution in [1.82, 2.24) is 0 Å². The number of aliphatic hydroxyl groups is 3. The van der Waals surface area contributed by atoms with Crippen LogP contribution in [0.25, 0.3) is 0 Å². The summed E-state index contributed by atoms with van der Waals surface area (Å²) in [7, 11) is 0. The normalized spacial score (nSPS) is 64.0. The summed E-state index contributed by atoms with van der Waals surface area (Å²) in [6, 6.07) is 0. The highest BCUT2D eigenvalue weighted by Crippen LogP contribution is 2.81. The molecule has 6 heteroatoms. The summed E-state index contributed by atoms with van der Waals surface area (Å²) in [5.41, 5.74) is -2.03. The third-order valence-electron chi connectivity index (χ3n) is 9.14. The standard InChI is InChI=1S/C20H26O6/c1-8-9-4-5-10-18-11(21)6-7-17(2,3)12(18)14(23)20(24)19(10,13(8)22)15(9)25-16(18)26-20/h9-12,14-16,21,23-24H,1,4-7H2,2-3H3/t9-,10-,11+,12+,14-,15+,16-,18+,19-,20-/m0/s1. The van der Waals surface area contributed by atoms with Crippen molar-refractivity contribution in [2.45, 2.75) is 69.9 Å². The average Bonchev–Trinajstić information content (AvgIpc) is 2.71. The van der Waals surface area contributed by atoms with Gasteiger partial charge in [0.1, 0.15) is 11.5 Å². The molecule has 4 saturated heterocycles. The van der Waals surface area contributed by atoms with E-state index in [9.17, 15) is 20.1 Å². The van der Waals surface area contributed by atoms with E-state index in [0.717, 1.165) is 12.8 Å². The molecule has 0 aromatic heterocycles. The van der Waals surface area contributed by atoms with Crippen molar-refractivity contribution in [3.05, 3.63) is 12.2 Å². The van der Waals surface area contributed by atoms with Gasteiger partial charge in [-0.1, -0.05) is 20.4 Å². The molecule has 0 amide bonds. The van der Waals surface area contributed by atoms with Crippen LogP contribution in [-0.4, -0.2) is 51.5 Å². The Bertz CT molecular complexity index is 761. The minimum absolute atomic E-state index is 0.133. The molecule has 8 rings (SSSR count). The fraction of sp³-hybridized carbons (Fsp3) is 0.850. The summed E-state index contributed by atoms with van der Waals surface area (Å²) in [6.07, 6.45) is -0.473. The lowest BCUT2D eigenvalue weighted by atomic mass is 9.34. The van der Waals surface area contributed by atoms with Gasteiger partial charge in [-0.25, -0.2) is 0 Å². The number of carbonyl (C=O) groups excluding carboxylic acids is 1. The monoisotopic (exact) mass is 362 g/mol. The van der Waals surface area contributed by atoms with Crippen molar-refractivity contribution in [2.24, 2.45) is 34.0 Å². The van der Waals surface area contributed by atoms with Crippen LogP contribution in [-0.2, 0) is 14.3 Å². The molecule has 3 N–H and O–H groups in total. The van der Waals surface area contributed by atoms with E-state index in [2.05, 4.69) is 20.4 Å². The van der Waals surface area contributed by atoms with Gasteiger partial charge in [-0.15, -0.1) is 0 Å². The first-order valence-electron chi connectivity index (χ1n) is 9.80. The van der Waals surface area contributed by atoms with Gasteiger partial charge < -0.3 is 24.8 Å². The first-order chi connectivity index (χ1) is 12.1. The van der Waals surface area contributed by atoms with Crippen LogP contribution in [0.3, 0.4) is 0 Å². The molecule has 26 heavy (non-hydrogen) atoms. The van der Waals surface area contributed by atoms with Crippen molar-refractivity contribution in [2.75, 3.05) is 0 Å². The Labute approximate surface area is 152 Å². The fourth-order valence-corrected chi connectivity index (χ4v) is 8.38. The van der Waals surface area contributed by atoms with E-state index in [-0.39, 0.29) is 23.0 Å². The number of Topliss-reactive ketones (excluding diaryl/α,β-unsaturated/α-hetero) is 1. The van der Waals surface area contributed by atoms with Gasteiger partial charge in [0, 0.05) is 11.8 Å². The molecule has 8 fully saturated rings. The zero-order chi connectivity index (χ0) is 18.4. The first kappa shape index (κ1) is 16.2. The number of rotatable bonds is 0. The van der Waals surface area contributed by atoms with Gasteiger partial charge in [0.05, 0.1) is 17.6 Å². The van der Waals surface area contributed by atoms with Gasteiger partial charge in [0.15, 0.2) is 12.1 Å². The van der Waals surface area contributed by atoms with Crippen molar-refractivity contribution in [3.8, 4) is 0 Å². The van der Waals surface area contributed by atoms with Gasteiger partial charge >= 0.3 is 0 Å².